The van der Waals surface area contributed by atoms with Gasteiger partial charge in [-0.15, -0.1) is 0 Å². The van der Waals surface area contributed by atoms with E-state index in [0.717, 1.165) is 32.0 Å². The number of aliphatic hydroxyl groups excluding tert-OH is 1. The Labute approximate surface area is 149 Å². The second-order valence-corrected chi connectivity index (χ2v) is 8.05. The molecule has 1 aliphatic carbocycles. The lowest BCUT2D eigenvalue weighted by atomic mass is 9.86. The molecule has 0 spiro atoms. The average molecular weight is 335 g/mol. The number of carbonyl (C=O) groups is 1. The number of rotatable bonds is 12. The largest absolute Gasteiger partial charge is 0.392 e. The molecule has 0 bridgehead atoms. The second kappa shape index (κ2) is 11.6. The summed E-state index contributed by atoms with van der Waals surface area (Å²) in [5.41, 5.74) is 0.00718. The molecule has 1 N–H and O–H groups in total. The fourth-order valence-electron chi connectivity index (χ4n) is 3.86. The Morgan fingerprint density at radius 1 is 1.00 bits per heavy atom. The van der Waals surface area contributed by atoms with Crippen molar-refractivity contribution in [3.63, 3.8) is 0 Å². The van der Waals surface area contributed by atoms with Gasteiger partial charge >= 0.3 is 0 Å². The van der Waals surface area contributed by atoms with Gasteiger partial charge in [0.1, 0.15) is 6.29 Å². The molecule has 0 radical (unpaired) electrons. The minimum atomic E-state index is -0.230. The molecule has 2 heteroatoms. The summed E-state index contributed by atoms with van der Waals surface area (Å²) in [6.07, 6.45) is 20.8. The van der Waals surface area contributed by atoms with Crippen molar-refractivity contribution in [1.82, 2.24) is 0 Å². The zero-order valence-corrected chi connectivity index (χ0v) is 16.0. The first-order valence-corrected chi connectivity index (χ1v) is 9.96. The molecule has 2 nitrogen and oxygen atoms in total. The molecule has 1 saturated carbocycles. The quantitative estimate of drug-likeness (QED) is 0.276. The Balaban J connectivity index is 2.47. The van der Waals surface area contributed by atoms with Gasteiger partial charge in [-0.1, -0.05) is 64.3 Å². The van der Waals surface area contributed by atoms with E-state index in [0.29, 0.717) is 18.3 Å². The van der Waals surface area contributed by atoms with Crippen LogP contribution in [0, 0.1) is 17.3 Å². The van der Waals surface area contributed by atoms with Gasteiger partial charge in [0.25, 0.3) is 0 Å². The van der Waals surface area contributed by atoms with Crippen LogP contribution in [0.2, 0.25) is 0 Å². The molecule has 1 rings (SSSR count). The maximum atomic E-state index is 10.7. The first kappa shape index (κ1) is 21.2. The van der Waals surface area contributed by atoms with E-state index >= 15 is 0 Å². The summed E-state index contributed by atoms with van der Waals surface area (Å²) in [5, 5.41) is 10.7. The number of hydrogen-bond acceptors (Lipinski definition) is 2. The van der Waals surface area contributed by atoms with Gasteiger partial charge in [-0.05, 0) is 55.8 Å². The van der Waals surface area contributed by atoms with Crippen molar-refractivity contribution in [3.05, 3.63) is 24.3 Å². The summed E-state index contributed by atoms with van der Waals surface area (Å²) in [6.45, 7) is 6.62. The Morgan fingerprint density at radius 3 is 2.46 bits per heavy atom. The summed E-state index contributed by atoms with van der Waals surface area (Å²) in [6, 6.07) is 0. The lowest BCUT2D eigenvalue weighted by Crippen LogP contribution is -2.28. The highest BCUT2D eigenvalue weighted by Gasteiger charge is 2.45. The van der Waals surface area contributed by atoms with Crippen LogP contribution in [-0.4, -0.2) is 17.5 Å². The van der Waals surface area contributed by atoms with Crippen molar-refractivity contribution in [2.24, 2.45) is 17.3 Å². The average Bonchev–Trinajstić information content (AvgIpc) is 2.76. The van der Waals surface area contributed by atoms with Crippen LogP contribution in [0.3, 0.4) is 0 Å². The topological polar surface area (TPSA) is 37.3 Å². The van der Waals surface area contributed by atoms with E-state index < -0.39 is 0 Å². The number of aliphatic hydroxyl groups is 1. The van der Waals surface area contributed by atoms with Crippen molar-refractivity contribution in [2.45, 2.75) is 91.1 Å². The fourth-order valence-corrected chi connectivity index (χ4v) is 3.86. The molecule has 0 aliphatic heterocycles. The molecule has 0 amide bonds. The van der Waals surface area contributed by atoms with Crippen molar-refractivity contribution < 1.29 is 9.90 Å². The number of carbonyl (C=O) groups excluding carboxylic acids is 1. The van der Waals surface area contributed by atoms with E-state index in [1.807, 2.05) is 0 Å². The highest BCUT2D eigenvalue weighted by Crippen LogP contribution is 2.47. The molecule has 1 unspecified atom stereocenters. The van der Waals surface area contributed by atoms with Crippen LogP contribution in [0.5, 0.6) is 0 Å². The van der Waals surface area contributed by atoms with Gasteiger partial charge in [-0.3, -0.25) is 0 Å². The summed E-state index contributed by atoms with van der Waals surface area (Å²) in [4.78, 5) is 10.3. The lowest BCUT2D eigenvalue weighted by molar-refractivity contribution is -0.107. The molecule has 3 atom stereocenters. The van der Waals surface area contributed by atoms with Crippen LogP contribution in [0.15, 0.2) is 24.3 Å². The first-order chi connectivity index (χ1) is 11.5. The highest BCUT2D eigenvalue weighted by atomic mass is 16.3. The van der Waals surface area contributed by atoms with Crippen LogP contribution in [0.4, 0.5) is 0 Å². The van der Waals surface area contributed by atoms with Crippen molar-refractivity contribution >= 4 is 6.29 Å². The SMILES string of the molecule is CCCCCC/C=C/[C@H]1CC(C)(C)C(O)[C@@H]1C/C=C\CCCC=O. The minimum Gasteiger partial charge on any atom is -0.392 e. The van der Waals surface area contributed by atoms with E-state index in [4.69, 9.17) is 0 Å². The second-order valence-electron chi connectivity index (χ2n) is 8.05. The number of aldehydes is 1. The van der Waals surface area contributed by atoms with E-state index in [1.165, 1.54) is 32.1 Å². The van der Waals surface area contributed by atoms with Gasteiger partial charge in [0.05, 0.1) is 6.10 Å². The first-order valence-electron chi connectivity index (χ1n) is 9.96. The Morgan fingerprint density at radius 2 is 1.75 bits per heavy atom. The number of allylic oxidation sites excluding steroid dienone is 4. The Hall–Kier alpha value is -0.890. The molecule has 24 heavy (non-hydrogen) atoms. The minimum absolute atomic E-state index is 0.00718. The maximum absolute atomic E-state index is 10.7. The van der Waals surface area contributed by atoms with Gasteiger partial charge in [0.15, 0.2) is 0 Å². The van der Waals surface area contributed by atoms with Crippen LogP contribution >= 0.6 is 0 Å². The Bertz CT molecular complexity index is 395. The van der Waals surface area contributed by atoms with Crippen molar-refractivity contribution in [1.29, 1.82) is 0 Å². The van der Waals surface area contributed by atoms with E-state index in [9.17, 15) is 9.90 Å². The van der Waals surface area contributed by atoms with Crippen molar-refractivity contribution in [2.75, 3.05) is 0 Å². The predicted octanol–water partition coefficient (Wildman–Crippen LogP) is 5.85. The lowest BCUT2D eigenvalue weighted by Gasteiger charge is -2.25. The molecule has 0 aromatic heterocycles. The predicted molar refractivity (Wildman–Crippen MR) is 103 cm³/mol. The maximum Gasteiger partial charge on any atom is 0.120 e. The van der Waals surface area contributed by atoms with Crippen LogP contribution in [-0.2, 0) is 4.79 Å². The van der Waals surface area contributed by atoms with E-state index in [1.54, 1.807) is 0 Å². The van der Waals surface area contributed by atoms with Gasteiger partial charge in [0, 0.05) is 6.42 Å². The molecule has 1 fully saturated rings. The van der Waals surface area contributed by atoms with Gasteiger partial charge < -0.3 is 9.90 Å². The fraction of sp³-hybridized carbons (Fsp3) is 0.773. The molecule has 0 heterocycles. The summed E-state index contributed by atoms with van der Waals surface area (Å²) in [5.74, 6) is 0.815. The summed E-state index contributed by atoms with van der Waals surface area (Å²) >= 11 is 0. The number of hydrogen-bond donors (Lipinski definition) is 1. The third-order valence-corrected chi connectivity index (χ3v) is 5.39. The van der Waals surface area contributed by atoms with Gasteiger partial charge in [0.2, 0.25) is 0 Å². The smallest absolute Gasteiger partial charge is 0.120 e. The third-order valence-electron chi connectivity index (χ3n) is 5.39. The molecule has 138 valence electrons. The molecule has 1 aliphatic rings. The van der Waals surface area contributed by atoms with Crippen LogP contribution in [0.25, 0.3) is 0 Å². The van der Waals surface area contributed by atoms with Gasteiger partial charge in [-0.25, -0.2) is 0 Å². The number of unbranched alkanes of at least 4 members (excludes halogenated alkanes) is 6. The van der Waals surface area contributed by atoms with Gasteiger partial charge in [-0.2, -0.15) is 0 Å². The van der Waals surface area contributed by atoms with Crippen LogP contribution in [0.1, 0.15) is 85.0 Å². The molecular formula is C22H38O2. The standard InChI is InChI=1S/C22H38O2/c1-4-5-6-7-9-12-15-19-18-22(2,3)21(24)20(19)16-13-10-8-11-14-17-23/h10,12-13,15,17,19-21,24H,4-9,11,14,16,18H2,1-3H3/b13-10-,15-12+/t19-,20+,21?/m0/s1. The normalized spacial score (nSPS) is 26.6. The third kappa shape index (κ3) is 7.34. The monoisotopic (exact) mass is 334 g/mol. The highest BCUT2D eigenvalue weighted by molar-refractivity contribution is 5.49. The van der Waals surface area contributed by atoms with E-state index in [2.05, 4.69) is 45.1 Å². The molecule has 0 aromatic rings. The molecular weight excluding hydrogens is 296 g/mol. The molecule has 0 saturated heterocycles. The van der Waals surface area contributed by atoms with Crippen molar-refractivity contribution in [3.8, 4) is 0 Å². The van der Waals surface area contributed by atoms with E-state index in [-0.39, 0.29) is 11.5 Å². The summed E-state index contributed by atoms with van der Waals surface area (Å²) < 4.78 is 0. The van der Waals surface area contributed by atoms with Crippen LogP contribution < -0.4 is 0 Å². The molecule has 0 aromatic carbocycles. The Kier molecular flexibility index (Phi) is 10.2. The zero-order valence-electron chi connectivity index (χ0n) is 16.0. The summed E-state index contributed by atoms with van der Waals surface area (Å²) in [7, 11) is 0. The zero-order chi connectivity index (χ0) is 17.8.